The molecule has 0 bridgehead atoms. The quantitative estimate of drug-likeness (QED) is 0.930. The third-order valence-corrected chi connectivity index (χ3v) is 3.27. The summed E-state index contributed by atoms with van der Waals surface area (Å²) in [6, 6.07) is 11.5. The molecule has 0 saturated carbocycles. The number of carbonyl (C=O) groups is 1. The van der Waals surface area contributed by atoms with Crippen LogP contribution in [0.1, 0.15) is 16.8 Å². The van der Waals surface area contributed by atoms with Crippen molar-refractivity contribution in [1.82, 2.24) is 4.98 Å². The van der Waals surface area contributed by atoms with Crippen LogP contribution in [0.2, 0.25) is 0 Å². The highest BCUT2D eigenvalue weighted by atomic mass is 16.5. The number of carbonyl (C=O) groups excluding carboxylic acids is 1. The van der Waals surface area contributed by atoms with Crippen molar-refractivity contribution >= 4 is 11.7 Å². The highest BCUT2D eigenvalue weighted by Gasteiger charge is 2.13. The summed E-state index contributed by atoms with van der Waals surface area (Å²) >= 11 is 0. The van der Waals surface area contributed by atoms with Gasteiger partial charge in [-0.05, 0) is 36.2 Å². The van der Waals surface area contributed by atoms with E-state index in [-0.39, 0.29) is 5.91 Å². The first-order valence-corrected chi connectivity index (χ1v) is 6.69. The van der Waals surface area contributed by atoms with Crippen molar-refractivity contribution in [3.05, 3.63) is 53.2 Å². The van der Waals surface area contributed by atoms with Gasteiger partial charge in [-0.15, -0.1) is 0 Å². The van der Waals surface area contributed by atoms with Crippen LogP contribution < -0.4 is 10.1 Å². The number of rotatable bonds is 3. The van der Waals surface area contributed by atoms with Gasteiger partial charge >= 0.3 is 0 Å². The van der Waals surface area contributed by atoms with Gasteiger partial charge in [0.25, 0.3) is 0 Å². The number of nitrogens with one attached hydrogen (secondary N) is 1. The molecule has 4 nitrogen and oxygen atoms in total. The van der Waals surface area contributed by atoms with E-state index in [0.717, 1.165) is 30.0 Å². The molecule has 1 aliphatic rings. The lowest BCUT2D eigenvalue weighted by Gasteiger charge is -2.06. The van der Waals surface area contributed by atoms with Gasteiger partial charge in [0.15, 0.2) is 0 Å². The lowest BCUT2D eigenvalue weighted by Crippen LogP contribution is -2.15. The number of hydrogen-bond acceptors (Lipinski definition) is 3. The van der Waals surface area contributed by atoms with E-state index in [4.69, 9.17) is 4.74 Å². The Kier molecular flexibility index (Phi) is 3.37. The lowest BCUT2D eigenvalue weighted by molar-refractivity contribution is -0.115. The summed E-state index contributed by atoms with van der Waals surface area (Å²) in [5.41, 5.74) is 3.07. The Labute approximate surface area is 117 Å². The van der Waals surface area contributed by atoms with Crippen LogP contribution >= 0.6 is 0 Å². The van der Waals surface area contributed by atoms with Crippen LogP contribution in [-0.4, -0.2) is 17.5 Å². The Morgan fingerprint density at radius 2 is 2.25 bits per heavy atom. The monoisotopic (exact) mass is 268 g/mol. The molecule has 4 heteroatoms. The first-order chi connectivity index (χ1) is 9.70. The van der Waals surface area contributed by atoms with E-state index in [1.807, 2.05) is 37.3 Å². The predicted octanol–water partition coefficient (Wildman–Crippen LogP) is 2.51. The van der Waals surface area contributed by atoms with Crippen LogP contribution in [0.15, 0.2) is 36.4 Å². The molecule has 1 aromatic heterocycles. The minimum absolute atomic E-state index is 0.0537. The second kappa shape index (κ2) is 5.33. The van der Waals surface area contributed by atoms with Crippen molar-refractivity contribution < 1.29 is 9.53 Å². The maximum atomic E-state index is 12.0. The number of aromatic nitrogens is 1. The van der Waals surface area contributed by atoms with E-state index < -0.39 is 0 Å². The van der Waals surface area contributed by atoms with Gasteiger partial charge in [0.05, 0.1) is 13.0 Å². The van der Waals surface area contributed by atoms with E-state index >= 15 is 0 Å². The number of pyridine rings is 1. The molecule has 0 spiro atoms. The van der Waals surface area contributed by atoms with Crippen LogP contribution in [0.4, 0.5) is 5.82 Å². The van der Waals surface area contributed by atoms with Crippen LogP contribution in [0, 0.1) is 6.92 Å². The van der Waals surface area contributed by atoms with Gasteiger partial charge in [0.2, 0.25) is 5.91 Å². The summed E-state index contributed by atoms with van der Waals surface area (Å²) in [6.07, 6.45) is 1.27. The molecule has 1 N–H and O–H groups in total. The number of hydrogen-bond donors (Lipinski definition) is 1. The molecule has 1 aliphatic heterocycles. The van der Waals surface area contributed by atoms with Crippen molar-refractivity contribution in [3.63, 3.8) is 0 Å². The number of nitrogens with zero attached hydrogens (tertiary/aromatic N) is 1. The molecule has 1 amide bonds. The molecule has 0 saturated heterocycles. The zero-order valence-electron chi connectivity index (χ0n) is 11.3. The SMILES string of the molecule is Cc1cccc(NC(=O)Cc2ccc3c(c2)CCO3)n1. The molecule has 0 unspecified atom stereocenters. The fraction of sp³-hybridized carbons (Fsp3) is 0.250. The zero-order valence-corrected chi connectivity index (χ0v) is 11.3. The lowest BCUT2D eigenvalue weighted by atomic mass is 10.1. The fourth-order valence-corrected chi connectivity index (χ4v) is 2.33. The van der Waals surface area contributed by atoms with Gasteiger partial charge in [0, 0.05) is 12.1 Å². The van der Waals surface area contributed by atoms with Gasteiger partial charge in [0.1, 0.15) is 11.6 Å². The molecular formula is C16H16N2O2. The molecule has 0 atom stereocenters. The third kappa shape index (κ3) is 2.79. The van der Waals surface area contributed by atoms with Crippen LogP contribution in [0.5, 0.6) is 5.75 Å². The number of fused-ring (bicyclic) bond motifs is 1. The summed E-state index contributed by atoms with van der Waals surface area (Å²) in [5, 5.41) is 2.82. The number of benzene rings is 1. The Balaban J connectivity index is 1.67. The normalized spacial score (nSPS) is 12.7. The second-order valence-corrected chi connectivity index (χ2v) is 4.93. The minimum Gasteiger partial charge on any atom is -0.493 e. The van der Waals surface area contributed by atoms with Gasteiger partial charge in [-0.3, -0.25) is 4.79 Å². The van der Waals surface area contributed by atoms with E-state index in [0.29, 0.717) is 12.2 Å². The van der Waals surface area contributed by atoms with E-state index in [2.05, 4.69) is 10.3 Å². The van der Waals surface area contributed by atoms with Crippen LogP contribution in [0.25, 0.3) is 0 Å². The van der Waals surface area contributed by atoms with Crippen LogP contribution in [0.3, 0.4) is 0 Å². The summed E-state index contributed by atoms with van der Waals surface area (Å²) in [5.74, 6) is 1.48. The Hall–Kier alpha value is -2.36. The first kappa shape index (κ1) is 12.7. The molecule has 0 fully saturated rings. The average molecular weight is 268 g/mol. The largest absolute Gasteiger partial charge is 0.493 e. The number of anilines is 1. The Morgan fingerprint density at radius 3 is 3.10 bits per heavy atom. The van der Waals surface area contributed by atoms with Crippen molar-refractivity contribution in [3.8, 4) is 5.75 Å². The Morgan fingerprint density at radius 1 is 1.35 bits per heavy atom. The average Bonchev–Trinajstić information content (AvgIpc) is 2.86. The molecular weight excluding hydrogens is 252 g/mol. The van der Waals surface area contributed by atoms with E-state index in [1.54, 1.807) is 6.07 Å². The number of amides is 1. The van der Waals surface area contributed by atoms with Gasteiger partial charge in [-0.1, -0.05) is 18.2 Å². The maximum absolute atomic E-state index is 12.0. The molecule has 20 heavy (non-hydrogen) atoms. The molecule has 0 aliphatic carbocycles. The first-order valence-electron chi connectivity index (χ1n) is 6.69. The summed E-state index contributed by atoms with van der Waals surface area (Å²) in [6.45, 7) is 2.63. The Bertz CT molecular complexity index is 653. The molecule has 1 aromatic carbocycles. The van der Waals surface area contributed by atoms with Crippen LogP contribution in [-0.2, 0) is 17.6 Å². The number of aryl methyl sites for hydroxylation is 1. The summed E-state index contributed by atoms with van der Waals surface area (Å²) in [7, 11) is 0. The van der Waals surface area contributed by atoms with E-state index in [1.165, 1.54) is 5.56 Å². The molecule has 3 rings (SSSR count). The summed E-state index contributed by atoms with van der Waals surface area (Å²) in [4.78, 5) is 16.3. The van der Waals surface area contributed by atoms with Crippen molar-refractivity contribution in [2.75, 3.05) is 11.9 Å². The highest BCUT2D eigenvalue weighted by Crippen LogP contribution is 2.26. The predicted molar refractivity (Wildman–Crippen MR) is 76.9 cm³/mol. The molecule has 0 radical (unpaired) electrons. The fourth-order valence-electron chi connectivity index (χ4n) is 2.33. The van der Waals surface area contributed by atoms with Crippen molar-refractivity contribution in [2.45, 2.75) is 19.8 Å². The zero-order chi connectivity index (χ0) is 13.9. The van der Waals surface area contributed by atoms with Crippen molar-refractivity contribution in [1.29, 1.82) is 0 Å². The van der Waals surface area contributed by atoms with Gasteiger partial charge in [-0.25, -0.2) is 4.98 Å². The smallest absolute Gasteiger partial charge is 0.229 e. The van der Waals surface area contributed by atoms with E-state index in [9.17, 15) is 4.79 Å². The summed E-state index contributed by atoms with van der Waals surface area (Å²) < 4.78 is 5.46. The van der Waals surface area contributed by atoms with Gasteiger partial charge < -0.3 is 10.1 Å². The maximum Gasteiger partial charge on any atom is 0.229 e. The molecule has 2 aromatic rings. The van der Waals surface area contributed by atoms with Crippen molar-refractivity contribution in [2.24, 2.45) is 0 Å². The minimum atomic E-state index is -0.0537. The second-order valence-electron chi connectivity index (χ2n) is 4.93. The number of ether oxygens (including phenoxy) is 1. The standard InChI is InChI=1S/C16H16N2O2/c1-11-3-2-4-15(17-11)18-16(19)10-12-5-6-14-13(9-12)7-8-20-14/h2-6,9H,7-8,10H2,1H3,(H,17,18,19). The topological polar surface area (TPSA) is 51.2 Å². The third-order valence-electron chi connectivity index (χ3n) is 3.27. The van der Waals surface area contributed by atoms with Gasteiger partial charge in [-0.2, -0.15) is 0 Å². The molecule has 2 heterocycles. The highest BCUT2D eigenvalue weighted by molar-refractivity contribution is 5.91. The molecule has 102 valence electrons.